The van der Waals surface area contributed by atoms with Crippen molar-refractivity contribution in [3.05, 3.63) is 29.3 Å². The van der Waals surface area contributed by atoms with Gasteiger partial charge in [-0.25, -0.2) is 5.48 Å². The van der Waals surface area contributed by atoms with Crippen LogP contribution in [0, 0.1) is 0 Å². The van der Waals surface area contributed by atoms with E-state index >= 15 is 0 Å². The Kier molecular flexibility index (Phi) is 5.41. The fraction of sp³-hybridized carbons (Fsp3) is 0.273. The standard InChI is InChI=1S/C11H13ClN2O4/c1-7(11(16)14-17-6-10(13)15)18-9-5-3-2-4-8(9)12/h2-5,7H,6H2,1H3,(H2,13,15)(H,14,16). The lowest BCUT2D eigenvalue weighted by Gasteiger charge is -2.14. The molecule has 18 heavy (non-hydrogen) atoms. The summed E-state index contributed by atoms with van der Waals surface area (Å²) < 4.78 is 5.32. The Morgan fingerprint density at radius 2 is 2.11 bits per heavy atom. The summed E-state index contributed by atoms with van der Waals surface area (Å²) in [6, 6.07) is 6.76. The van der Waals surface area contributed by atoms with Gasteiger partial charge in [0.25, 0.3) is 5.91 Å². The third kappa shape index (κ3) is 4.60. The van der Waals surface area contributed by atoms with Crippen LogP contribution in [0.15, 0.2) is 24.3 Å². The Morgan fingerprint density at radius 3 is 2.72 bits per heavy atom. The minimum atomic E-state index is -0.822. The van der Waals surface area contributed by atoms with E-state index < -0.39 is 24.5 Å². The Labute approximate surface area is 109 Å². The molecule has 0 bridgehead atoms. The first-order valence-electron chi connectivity index (χ1n) is 5.12. The number of hydrogen-bond donors (Lipinski definition) is 2. The molecule has 0 aliphatic carbocycles. The number of amides is 2. The number of carbonyl (C=O) groups excluding carboxylic acids is 2. The lowest BCUT2D eigenvalue weighted by molar-refractivity contribution is -0.143. The van der Waals surface area contributed by atoms with Gasteiger partial charge in [-0.05, 0) is 19.1 Å². The minimum Gasteiger partial charge on any atom is -0.479 e. The Balaban J connectivity index is 2.45. The topological polar surface area (TPSA) is 90.7 Å². The van der Waals surface area contributed by atoms with Crippen molar-refractivity contribution in [2.75, 3.05) is 6.61 Å². The van der Waals surface area contributed by atoms with Gasteiger partial charge in [-0.15, -0.1) is 0 Å². The molecule has 2 amide bonds. The van der Waals surface area contributed by atoms with Gasteiger partial charge in [-0.3, -0.25) is 14.4 Å². The monoisotopic (exact) mass is 272 g/mol. The van der Waals surface area contributed by atoms with Gasteiger partial charge in [0.2, 0.25) is 5.91 Å². The van der Waals surface area contributed by atoms with E-state index in [2.05, 4.69) is 4.84 Å². The highest BCUT2D eigenvalue weighted by molar-refractivity contribution is 6.32. The third-order valence-electron chi connectivity index (χ3n) is 1.90. The fourth-order valence-electron chi connectivity index (χ4n) is 1.05. The number of hydroxylamine groups is 1. The number of halogens is 1. The summed E-state index contributed by atoms with van der Waals surface area (Å²) in [5.74, 6) is -0.845. The van der Waals surface area contributed by atoms with Gasteiger partial charge >= 0.3 is 0 Å². The van der Waals surface area contributed by atoms with Gasteiger partial charge in [0, 0.05) is 0 Å². The molecule has 1 aromatic rings. The first kappa shape index (κ1) is 14.3. The van der Waals surface area contributed by atoms with E-state index in [9.17, 15) is 9.59 Å². The summed E-state index contributed by atoms with van der Waals surface area (Å²) in [5.41, 5.74) is 6.88. The van der Waals surface area contributed by atoms with Crippen LogP contribution < -0.4 is 16.0 Å². The maximum atomic E-state index is 11.5. The summed E-state index contributed by atoms with van der Waals surface area (Å²) >= 11 is 5.87. The number of nitrogens with two attached hydrogens (primary N) is 1. The van der Waals surface area contributed by atoms with Crippen molar-refractivity contribution in [2.45, 2.75) is 13.0 Å². The normalized spacial score (nSPS) is 11.7. The minimum absolute atomic E-state index is 0.386. The van der Waals surface area contributed by atoms with Gasteiger partial charge in [0.05, 0.1) is 5.02 Å². The zero-order valence-electron chi connectivity index (χ0n) is 9.68. The molecule has 7 heteroatoms. The first-order chi connectivity index (χ1) is 8.50. The van der Waals surface area contributed by atoms with Crippen molar-refractivity contribution >= 4 is 23.4 Å². The van der Waals surface area contributed by atoms with Gasteiger partial charge in [0.1, 0.15) is 5.75 Å². The molecule has 0 radical (unpaired) electrons. The molecule has 0 fully saturated rings. The Hall–Kier alpha value is -1.79. The Morgan fingerprint density at radius 1 is 1.44 bits per heavy atom. The molecule has 6 nitrogen and oxygen atoms in total. The van der Waals surface area contributed by atoms with Gasteiger partial charge in [-0.2, -0.15) is 0 Å². The van der Waals surface area contributed by atoms with Crippen LogP contribution in [-0.4, -0.2) is 24.5 Å². The SMILES string of the molecule is CC(Oc1ccccc1Cl)C(=O)NOCC(N)=O. The molecule has 1 unspecified atom stereocenters. The third-order valence-corrected chi connectivity index (χ3v) is 2.21. The molecule has 0 spiro atoms. The lowest BCUT2D eigenvalue weighted by atomic mass is 10.3. The molecule has 0 aliphatic rings. The van der Waals surface area contributed by atoms with Gasteiger partial charge < -0.3 is 10.5 Å². The molecular formula is C11H13ClN2O4. The van der Waals surface area contributed by atoms with Crippen LogP contribution in [0.4, 0.5) is 0 Å². The second-order valence-electron chi connectivity index (χ2n) is 3.41. The van der Waals surface area contributed by atoms with E-state index in [0.29, 0.717) is 10.8 Å². The second kappa shape index (κ2) is 6.83. The zero-order chi connectivity index (χ0) is 13.5. The summed E-state index contributed by atoms with van der Waals surface area (Å²) in [4.78, 5) is 26.4. The largest absolute Gasteiger partial charge is 0.479 e. The molecule has 1 atom stereocenters. The van der Waals surface area contributed by atoms with Gasteiger partial charge in [-0.1, -0.05) is 23.7 Å². The summed E-state index contributed by atoms with van der Waals surface area (Å²) in [5, 5.41) is 0.398. The van der Waals surface area contributed by atoms with E-state index in [1.165, 1.54) is 6.92 Å². The smallest absolute Gasteiger partial charge is 0.284 e. The molecule has 98 valence electrons. The van der Waals surface area contributed by atoms with Crippen LogP contribution in [0.5, 0.6) is 5.75 Å². The second-order valence-corrected chi connectivity index (χ2v) is 3.82. The van der Waals surface area contributed by atoms with Crippen LogP contribution in [-0.2, 0) is 14.4 Å². The average molecular weight is 273 g/mol. The molecule has 0 heterocycles. The molecule has 0 saturated heterocycles. The number of benzene rings is 1. The van der Waals surface area contributed by atoms with E-state index in [1.807, 2.05) is 5.48 Å². The number of ether oxygens (including phenoxy) is 1. The molecular weight excluding hydrogens is 260 g/mol. The highest BCUT2D eigenvalue weighted by atomic mass is 35.5. The van der Waals surface area contributed by atoms with Crippen molar-refractivity contribution in [3.63, 3.8) is 0 Å². The van der Waals surface area contributed by atoms with Crippen molar-refractivity contribution in [3.8, 4) is 5.75 Å². The molecule has 3 N–H and O–H groups in total. The number of hydrogen-bond acceptors (Lipinski definition) is 4. The fourth-order valence-corrected chi connectivity index (χ4v) is 1.23. The van der Waals surface area contributed by atoms with Crippen LogP contribution in [0.1, 0.15) is 6.92 Å². The molecule has 1 aromatic carbocycles. The van der Waals surface area contributed by atoms with E-state index in [1.54, 1.807) is 24.3 Å². The maximum absolute atomic E-state index is 11.5. The van der Waals surface area contributed by atoms with Gasteiger partial charge in [0.15, 0.2) is 12.7 Å². The Bertz CT molecular complexity index is 439. The number of carbonyl (C=O) groups is 2. The molecule has 0 aliphatic heterocycles. The predicted octanol–water partition coefficient (Wildman–Crippen LogP) is 0.640. The lowest BCUT2D eigenvalue weighted by Crippen LogP contribution is -2.38. The van der Waals surface area contributed by atoms with E-state index in [4.69, 9.17) is 22.1 Å². The summed E-state index contributed by atoms with van der Waals surface area (Å²) in [6.07, 6.45) is -0.822. The number of para-hydroxylation sites is 1. The maximum Gasteiger partial charge on any atom is 0.284 e. The van der Waals surface area contributed by atoms with Crippen LogP contribution in [0.2, 0.25) is 5.02 Å². The highest BCUT2D eigenvalue weighted by Crippen LogP contribution is 2.24. The van der Waals surface area contributed by atoms with Crippen molar-refractivity contribution < 1.29 is 19.2 Å². The van der Waals surface area contributed by atoms with Crippen LogP contribution >= 0.6 is 11.6 Å². The van der Waals surface area contributed by atoms with Crippen LogP contribution in [0.25, 0.3) is 0 Å². The number of primary amides is 1. The summed E-state index contributed by atoms with van der Waals surface area (Å²) in [6.45, 7) is 1.12. The van der Waals surface area contributed by atoms with Crippen LogP contribution in [0.3, 0.4) is 0 Å². The molecule has 1 rings (SSSR count). The van der Waals surface area contributed by atoms with E-state index in [-0.39, 0.29) is 0 Å². The van der Waals surface area contributed by atoms with E-state index in [0.717, 1.165) is 0 Å². The predicted molar refractivity (Wildman–Crippen MR) is 64.8 cm³/mol. The zero-order valence-corrected chi connectivity index (χ0v) is 10.4. The quantitative estimate of drug-likeness (QED) is 0.744. The molecule has 0 saturated carbocycles. The highest BCUT2D eigenvalue weighted by Gasteiger charge is 2.16. The first-order valence-corrected chi connectivity index (χ1v) is 5.49. The van der Waals surface area contributed by atoms with Crippen molar-refractivity contribution in [1.82, 2.24) is 5.48 Å². The number of rotatable bonds is 6. The average Bonchev–Trinajstić information content (AvgIpc) is 2.31. The number of nitrogens with one attached hydrogen (secondary N) is 1. The molecule has 0 aromatic heterocycles. The van der Waals surface area contributed by atoms with Crippen molar-refractivity contribution in [2.24, 2.45) is 5.73 Å². The summed E-state index contributed by atoms with van der Waals surface area (Å²) in [7, 11) is 0. The van der Waals surface area contributed by atoms with Crippen molar-refractivity contribution in [1.29, 1.82) is 0 Å².